The van der Waals surface area contributed by atoms with Crippen molar-refractivity contribution in [1.29, 1.82) is 0 Å². The van der Waals surface area contributed by atoms with Gasteiger partial charge in [-0.15, -0.1) is 0 Å². The third-order valence-corrected chi connectivity index (χ3v) is 3.63. The topological polar surface area (TPSA) is 77.9 Å². The molecule has 0 heterocycles. The molecule has 102 valence electrons. The first-order chi connectivity index (χ1) is 9.11. The number of thioether (sulfide) groups is 1. The molecule has 0 unspecified atom stereocenters. The average molecular weight is 278 g/mol. The zero-order valence-electron chi connectivity index (χ0n) is 11.2. The van der Waals surface area contributed by atoms with E-state index in [1.807, 2.05) is 0 Å². The van der Waals surface area contributed by atoms with Gasteiger partial charge >= 0.3 is 0 Å². The molecule has 0 fully saturated rings. The molecule has 19 heavy (non-hydrogen) atoms. The second kappa shape index (κ2) is 8.45. The van der Waals surface area contributed by atoms with Crippen LogP contribution >= 0.6 is 11.8 Å². The molecule has 1 aromatic carbocycles. The van der Waals surface area contributed by atoms with E-state index in [0.29, 0.717) is 18.0 Å². The van der Waals surface area contributed by atoms with Gasteiger partial charge in [0.2, 0.25) is 5.91 Å². The van der Waals surface area contributed by atoms with Crippen LogP contribution in [0.25, 0.3) is 10.4 Å². The smallest absolute Gasteiger partial charge is 0.225 e. The van der Waals surface area contributed by atoms with Crippen LogP contribution in [0.4, 0.5) is 11.4 Å². The van der Waals surface area contributed by atoms with Crippen LogP contribution in [-0.2, 0) is 4.79 Å². The van der Waals surface area contributed by atoms with Crippen LogP contribution in [0.3, 0.4) is 0 Å². The second-order valence-electron chi connectivity index (χ2n) is 4.50. The minimum atomic E-state index is 0.00721. The third-order valence-electron chi connectivity index (χ3n) is 2.24. The van der Waals surface area contributed by atoms with E-state index in [4.69, 9.17) is 5.53 Å². The number of nitrogens with zero attached hydrogens (tertiary/aromatic N) is 3. The second-order valence-corrected chi connectivity index (χ2v) is 5.65. The minimum absolute atomic E-state index is 0.00721. The normalized spacial score (nSPS) is 10.1. The lowest BCUT2D eigenvalue weighted by Crippen LogP contribution is -2.12. The number of carbonyl (C=O) groups excluding carboxylic acids is 1. The quantitative estimate of drug-likeness (QED) is 0.348. The molecule has 1 aromatic rings. The molecule has 0 spiro atoms. The number of benzene rings is 1. The van der Waals surface area contributed by atoms with Gasteiger partial charge in [0.05, 0.1) is 0 Å². The van der Waals surface area contributed by atoms with Crippen molar-refractivity contribution in [1.82, 2.24) is 0 Å². The lowest BCUT2D eigenvalue weighted by Gasteiger charge is -2.06. The van der Waals surface area contributed by atoms with E-state index in [9.17, 15) is 4.79 Å². The van der Waals surface area contributed by atoms with Crippen molar-refractivity contribution in [3.63, 3.8) is 0 Å². The molecule has 0 saturated carbocycles. The zero-order valence-corrected chi connectivity index (χ0v) is 12.0. The summed E-state index contributed by atoms with van der Waals surface area (Å²) in [5, 5.41) is 6.28. The number of hydrogen-bond donors (Lipinski definition) is 1. The molecule has 0 aliphatic heterocycles. The third kappa shape index (κ3) is 6.74. The lowest BCUT2D eigenvalue weighted by molar-refractivity contribution is -0.115. The van der Waals surface area contributed by atoms with Crippen LogP contribution in [0, 0.1) is 5.92 Å². The Labute approximate surface area is 117 Å². The monoisotopic (exact) mass is 278 g/mol. The first-order valence-electron chi connectivity index (χ1n) is 6.14. The van der Waals surface area contributed by atoms with Crippen molar-refractivity contribution in [2.75, 3.05) is 16.8 Å². The first kappa shape index (κ1) is 15.4. The Morgan fingerprint density at radius 3 is 2.68 bits per heavy atom. The SMILES string of the molecule is CC(C)CSCCC(=O)Nc1ccc(N=[N+]=[N-])cc1. The van der Waals surface area contributed by atoms with Crippen LogP contribution in [-0.4, -0.2) is 17.4 Å². The molecule has 0 aliphatic rings. The average Bonchev–Trinajstić information content (AvgIpc) is 2.37. The Bertz CT molecular complexity index is 452. The van der Waals surface area contributed by atoms with Crippen LogP contribution in [0.15, 0.2) is 29.4 Å². The fraction of sp³-hybridized carbons (Fsp3) is 0.462. The molecule has 1 N–H and O–H groups in total. The maximum atomic E-state index is 11.7. The number of amides is 1. The molecular weight excluding hydrogens is 260 g/mol. The van der Waals surface area contributed by atoms with Crippen molar-refractivity contribution < 1.29 is 4.79 Å². The fourth-order valence-electron chi connectivity index (χ4n) is 1.37. The van der Waals surface area contributed by atoms with Gasteiger partial charge in [-0.2, -0.15) is 11.8 Å². The van der Waals surface area contributed by atoms with Gasteiger partial charge in [0, 0.05) is 28.5 Å². The van der Waals surface area contributed by atoms with Crippen molar-refractivity contribution in [3.05, 3.63) is 34.7 Å². The summed E-state index contributed by atoms with van der Waals surface area (Å²) < 4.78 is 0. The van der Waals surface area contributed by atoms with Crippen LogP contribution in [0.5, 0.6) is 0 Å². The first-order valence-corrected chi connectivity index (χ1v) is 7.30. The minimum Gasteiger partial charge on any atom is -0.326 e. The number of rotatable bonds is 7. The molecule has 0 aromatic heterocycles. The fourth-order valence-corrected chi connectivity index (χ4v) is 2.34. The van der Waals surface area contributed by atoms with Gasteiger partial charge in [-0.05, 0) is 29.3 Å². The van der Waals surface area contributed by atoms with E-state index in [-0.39, 0.29) is 5.91 Å². The largest absolute Gasteiger partial charge is 0.326 e. The molecule has 0 saturated heterocycles. The van der Waals surface area contributed by atoms with Gasteiger partial charge < -0.3 is 5.32 Å². The number of nitrogens with one attached hydrogen (secondary N) is 1. The van der Waals surface area contributed by atoms with Gasteiger partial charge in [0.25, 0.3) is 0 Å². The van der Waals surface area contributed by atoms with Crippen molar-refractivity contribution in [2.24, 2.45) is 11.0 Å². The summed E-state index contributed by atoms with van der Waals surface area (Å²) in [6.45, 7) is 4.33. The molecule has 0 radical (unpaired) electrons. The number of hydrogen-bond acceptors (Lipinski definition) is 3. The number of anilines is 1. The highest BCUT2D eigenvalue weighted by Gasteiger charge is 2.03. The van der Waals surface area contributed by atoms with E-state index in [2.05, 4.69) is 29.2 Å². The van der Waals surface area contributed by atoms with Crippen molar-refractivity contribution in [2.45, 2.75) is 20.3 Å². The summed E-state index contributed by atoms with van der Waals surface area (Å²) in [4.78, 5) is 14.4. The molecule has 1 amide bonds. The summed E-state index contributed by atoms with van der Waals surface area (Å²) in [6.07, 6.45) is 0.509. The van der Waals surface area contributed by atoms with Gasteiger partial charge in [-0.25, -0.2) is 0 Å². The molecule has 0 aliphatic carbocycles. The van der Waals surface area contributed by atoms with E-state index >= 15 is 0 Å². The molecule has 1 rings (SSSR count). The van der Waals surface area contributed by atoms with Gasteiger partial charge in [-0.3, -0.25) is 4.79 Å². The van der Waals surface area contributed by atoms with Crippen LogP contribution in [0.1, 0.15) is 20.3 Å². The van der Waals surface area contributed by atoms with Crippen molar-refractivity contribution >= 4 is 29.0 Å². The van der Waals surface area contributed by atoms with Crippen molar-refractivity contribution in [3.8, 4) is 0 Å². The Hall–Kier alpha value is -1.65. The van der Waals surface area contributed by atoms with Crippen LogP contribution in [0.2, 0.25) is 0 Å². The Kier molecular flexibility index (Phi) is 6.85. The summed E-state index contributed by atoms with van der Waals surface area (Å²) >= 11 is 1.79. The molecule has 0 atom stereocenters. The van der Waals surface area contributed by atoms with E-state index < -0.39 is 0 Å². The lowest BCUT2D eigenvalue weighted by atomic mass is 10.3. The molecule has 6 heteroatoms. The highest BCUT2D eigenvalue weighted by atomic mass is 32.2. The highest BCUT2D eigenvalue weighted by Crippen LogP contribution is 2.17. The Morgan fingerprint density at radius 1 is 1.42 bits per heavy atom. The Balaban J connectivity index is 2.33. The molecule has 0 bridgehead atoms. The maximum Gasteiger partial charge on any atom is 0.225 e. The number of carbonyl (C=O) groups is 1. The van der Waals surface area contributed by atoms with E-state index in [1.54, 1.807) is 36.0 Å². The summed E-state index contributed by atoms with van der Waals surface area (Å²) in [7, 11) is 0. The number of azide groups is 1. The van der Waals surface area contributed by atoms with Crippen LogP contribution < -0.4 is 5.32 Å². The zero-order chi connectivity index (χ0) is 14.1. The summed E-state index contributed by atoms with van der Waals surface area (Å²) in [5.74, 6) is 2.57. The predicted molar refractivity (Wildman–Crippen MR) is 80.7 cm³/mol. The molecule has 5 nitrogen and oxygen atoms in total. The standard InChI is InChI=1S/C13H18N4OS/c1-10(2)9-19-8-7-13(18)15-11-3-5-12(6-4-11)16-17-14/h3-6,10H,7-9H2,1-2H3,(H,15,18). The highest BCUT2D eigenvalue weighted by molar-refractivity contribution is 7.99. The van der Waals surface area contributed by atoms with Gasteiger partial charge in [0.15, 0.2) is 0 Å². The van der Waals surface area contributed by atoms with E-state index in [0.717, 1.165) is 17.2 Å². The molecular formula is C13H18N4OS. The Morgan fingerprint density at radius 2 is 2.11 bits per heavy atom. The van der Waals surface area contributed by atoms with E-state index in [1.165, 1.54) is 0 Å². The predicted octanol–water partition coefficient (Wildman–Crippen LogP) is 4.35. The summed E-state index contributed by atoms with van der Waals surface area (Å²) in [6, 6.07) is 6.79. The van der Waals surface area contributed by atoms with Gasteiger partial charge in [-0.1, -0.05) is 31.1 Å². The van der Waals surface area contributed by atoms with Gasteiger partial charge in [0.1, 0.15) is 0 Å². The maximum absolute atomic E-state index is 11.7. The summed E-state index contributed by atoms with van der Waals surface area (Å²) in [5.41, 5.74) is 9.53.